The standard InChI is InChI=1S/C13H18N2O6/c1-18-9-5-8(6-10(19-2)12(9)20-3)13(17)14-7-11(16)15-21-4/h5-6H,7H2,1-4H3,(H,14,17)(H,15,16). The van der Waals surface area contributed by atoms with E-state index in [0.717, 1.165) is 0 Å². The molecule has 0 aromatic heterocycles. The number of rotatable bonds is 7. The van der Waals surface area contributed by atoms with Gasteiger partial charge in [0.1, 0.15) is 0 Å². The summed E-state index contributed by atoms with van der Waals surface area (Å²) in [5, 5.41) is 2.44. The molecule has 1 aromatic carbocycles. The lowest BCUT2D eigenvalue weighted by molar-refractivity contribution is -0.130. The smallest absolute Gasteiger partial charge is 0.262 e. The molecule has 116 valence electrons. The molecule has 0 heterocycles. The van der Waals surface area contributed by atoms with E-state index < -0.39 is 11.8 Å². The summed E-state index contributed by atoms with van der Waals surface area (Å²) in [6, 6.07) is 2.98. The molecule has 0 spiro atoms. The number of hydrogen-bond donors (Lipinski definition) is 2. The number of amides is 2. The first kappa shape index (κ1) is 16.6. The minimum absolute atomic E-state index is 0.219. The SMILES string of the molecule is CONC(=O)CNC(=O)c1cc(OC)c(OC)c(OC)c1. The van der Waals surface area contributed by atoms with Crippen molar-refractivity contribution in [2.45, 2.75) is 0 Å². The van der Waals surface area contributed by atoms with E-state index in [0.29, 0.717) is 17.2 Å². The minimum Gasteiger partial charge on any atom is -0.493 e. The van der Waals surface area contributed by atoms with Gasteiger partial charge in [0.05, 0.1) is 35.0 Å². The van der Waals surface area contributed by atoms with Crippen molar-refractivity contribution in [2.24, 2.45) is 0 Å². The maximum absolute atomic E-state index is 12.0. The van der Waals surface area contributed by atoms with Crippen molar-refractivity contribution in [3.8, 4) is 17.2 Å². The molecule has 21 heavy (non-hydrogen) atoms. The van der Waals surface area contributed by atoms with Crippen LogP contribution in [0.15, 0.2) is 12.1 Å². The zero-order valence-corrected chi connectivity index (χ0v) is 12.3. The van der Waals surface area contributed by atoms with Crippen LogP contribution in [-0.4, -0.2) is 46.8 Å². The first-order chi connectivity index (χ1) is 10.1. The highest BCUT2D eigenvalue weighted by Crippen LogP contribution is 2.38. The van der Waals surface area contributed by atoms with Crippen molar-refractivity contribution >= 4 is 11.8 Å². The molecule has 1 rings (SSSR count). The number of nitrogens with one attached hydrogen (secondary N) is 2. The molecule has 2 amide bonds. The van der Waals surface area contributed by atoms with E-state index in [1.165, 1.54) is 40.6 Å². The Morgan fingerprint density at radius 2 is 1.57 bits per heavy atom. The highest BCUT2D eigenvalue weighted by Gasteiger charge is 2.17. The van der Waals surface area contributed by atoms with Crippen molar-refractivity contribution in [3.63, 3.8) is 0 Å². The topological polar surface area (TPSA) is 95.1 Å². The molecular formula is C13H18N2O6. The number of ether oxygens (including phenoxy) is 3. The average molecular weight is 298 g/mol. The van der Waals surface area contributed by atoms with E-state index in [9.17, 15) is 9.59 Å². The third kappa shape index (κ3) is 4.25. The van der Waals surface area contributed by atoms with Gasteiger partial charge in [-0.15, -0.1) is 0 Å². The Labute approximate surface area is 122 Å². The van der Waals surface area contributed by atoms with E-state index in [1.807, 2.05) is 0 Å². The maximum Gasteiger partial charge on any atom is 0.262 e. The fourth-order valence-electron chi connectivity index (χ4n) is 1.62. The van der Waals surface area contributed by atoms with Crippen molar-refractivity contribution in [1.82, 2.24) is 10.8 Å². The Hall–Kier alpha value is -2.48. The van der Waals surface area contributed by atoms with Crippen molar-refractivity contribution in [3.05, 3.63) is 17.7 Å². The van der Waals surface area contributed by atoms with Crippen LogP contribution in [0.4, 0.5) is 0 Å². The molecule has 0 aliphatic carbocycles. The second kappa shape index (κ2) is 7.95. The summed E-state index contributed by atoms with van der Waals surface area (Å²) in [7, 11) is 5.67. The lowest BCUT2D eigenvalue weighted by atomic mass is 10.1. The van der Waals surface area contributed by atoms with Gasteiger partial charge in [0, 0.05) is 5.56 Å². The highest BCUT2D eigenvalue weighted by molar-refractivity contribution is 5.97. The number of carbonyl (C=O) groups excluding carboxylic acids is 2. The number of carbonyl (C=O) groups is 2. The Kier molecular flexibility index (Phi) is 6.28. The Morgan fingerprint density at radius 1 is 1.00 bits per heavy atom. The largest absolute Gasteiger partial charge is 0.493 e. The van der Waals surface area contributed by atoms with Crippen LogP contribution >= 0.6 is 0 Å². The zero-order chi connectivity index (χ0) is 15.8. The van der Waals surface area contributed by atoms with Crippen LogP contribution in [0.25, 0.3) is 0 Å². The van der Waals surface area contributed by atoms with Gasteiger partial charge in [-0.05, 0) is 12.1 Å². The molecule has 0 aliphatic rings. The van der Waals surface area contributed by atoms with Crippen LogP contribution in [0.2, 0.25) is 0 Å². The molecule has 0 saturated carbocycles. The van der Waals surface area contributed by atoms with Crippen LogP contribution in [0.3, 0.4) is 0 Å². The summed E-state index contributed by atoms with van der Waals surface area (Å²) < 4.78 is 15.5. The summed E-state index contributed by atoms with van der Waals surface area (Å²) in [4.78, 5) is 27.6. The first-order valence-corrected chi connectivity index (χ1v) is 5.97. The van der Waals surface area contributed by atoms with Gasteiger partial charge >= 0.3 is 0 Å². The van der Waals surface area contributed by atoms with Gasteiger partial charge < -0.3 is 19.5 Å². The van der Waals surface area contributed by atoms with Gasteiger partial charge in [-0.1, -0.05) is 0 Å². The van der Waals surface area contributed by atoms with E-state index in [4.69, 9.17) is 14.2 Å². The Balaban J connectivity index is 2.92. The fourth-order valence-corrected chi connectivity index (χ4v) is 1.62. The van der Waals surface area contributed by atoms with E-state index in [1.54, 1.807) is 0 Å². The van der Waals surface area contributed by atoms with Gasteiger partial charge in [-0.25, -0.2) is 5.48 Å². The molecule has 0 fully saturated rings. The van der Waals surface area contributed by atoms with Crippen LogP contribution in [0.5, 0.6) is 17.2 Å². The van der Waals surface area contributed by atoms with Gasteiger partial charge in [-0.3, -0.25) is 14.4 Å². The molecule has 0 atom stereocenters. The number of hydroxylamine groups is 1. The lowest BCUT2D eigenvalue weighted by Gasteiger charge is -2.14. The van der Waals surface area contributed by atoms with E-state index in [-0.39, 0.29) is 12.1 Å². The molecule has 0 unspecified atom stereocenters. The van der Waals surface area contributed by atoms with Crippen LogP contribution in [0, 0.1) is 0 Å². The van der Waals surface area contributed by atoms with Crippen molar-refractivity contribution in [1.29, 1.82) is 0 Å². The summed E-state index contributed by atoms with van der Waals surface area (Å²) in [5.41, 5.74) is 2.37. The maximum atomic E-state index is 12.0. The van der Waals surface area contributed by atoms with Crippen molar-refractivity contribution in [2.75, 3.05) is 35.0 Å². The molecule has 0 aliphatic heterocycles. The molecule has 0 bridgehead atoms. The summed E-state index contributed by atoms with van der Waals surface area (Å²) >= 11 is 0. The monoisotopic (exact) mass is 298 g/mol. The fraction of sp³-hybridized carbons (Fsp3) is 0.385. The molecule has 1 aromatic rings. The lowest BCUT2D eigenvalue weighted by Crippen LogP contribution is -2.36. The van der Waals surface area contributed by atoms with Crippen molar-refractivity contribution < 1.29 is 28.6 Å². The van der Waals surface area contributed by atoms with Crippen LogP contribution < -0.4 is 25.0 Å². The quantitative estimate of drug-likeness (QED) is 0.694. The first-order valence-electron chi connectivity index (χ1n) is 5.97. The summed E-state index contributed by atoms with van der Waals surface area (Å²) in [5.74, 6) is 0.152. The number of methoxy groups -OCH3 is 3. The predicted molar refractivity (Wildman–Crippen MR) is 73.6 cm³/mol. The second-order valence-corrected chi connectivity index (χ2v) is 3.83. The second-order valence-electron chi connectivity index (χ2n) is 3.83. The van der Waals surface area contributed by atoms with E-state index in [2.05, 4.69) is 15.6 Å². The van der Waals surface area contributed by atoms with Gasteiger partial charge in [0.15, 0.2) is 11.5 Å². The molecule has 2 N–H and O–H groups in total. The molecule has 8 heteroatoms. The molecule has 8 nitrogen and oxygen atoms in total. The van der Waals surface area contributed by atoms with Crippen LogP contribution in [-0.2, 0) is 9.63 Å². The Morgan fingerprint density at radius 3 is 2.00 bits per heavy atom. The molecule has 0 saturated heterocycles. The summed E-state index contributed by atoms with van der Waals surface area (Å²) in [6.07, 6.45) is 0. The summed E-state index contributed by atoms with van der Waals surface area (Å²) in [6.45, 7) is -0.219. The van der Waals surface area contributed by atoms with E-state index >= 15 is 0 Å². The van der Waals surface area contributed by atoms with Gasteiger partial charge in [0.25, 0.3) is 11.8 Å². The third-order valence-corrected chi connectivity index (χ3v) is 2.55. The predicted octanol–water partition coefficient (Wildman–Crippen LogP) is 0.120. The molecule has 0 radical (unpaired) electrons. The molecular weight excluding hydrogens is 280 g/mol. The number of hydrogen-bond acceptors (Lipinski definition) is 6. The minimum atomic E-state index is -0.474. The zero-order valence-electron chi connectivity index (χ0n) is 12.3. The third-order valence-electron chi connectivity index (χ3n) is 2.55. The average Bonchev–Trinajstić information content (AvgIpc) is 2.51. The van der Waals surface area contributed by atoms with Gasteiger partial charge in [-0.2, -0.15) is 0 Å². The highest BCUT2D eigenvalue weighted by atomic mass is 16.6. The Bertz CT molecular complexity index is 492. The number of benzene rings is 1. The van der Waals surface area contributed by atoms with Crippen LogP contribution in [0.1, 0.15) is 10.4 Å². The normalized spacial score (nSPS) is 9.71. The van der Waals surface area contributed by atoms with Gasteiger partial charge in [0.2, 0.25) is 5.75 Å².